The Hall–Kier alpha value is -1.42. The number of benzene rings is 1. The molecule has 4 heteroatoms. The van der Waals surface area contributed by atoms with E-state index in [1.54, 1.807) is 18.2 Å². The molecule has 22 heavy (non-hydrogen) atoms. The lowest BCUT2D eigenvalue weighted by Gasteiger charge is -2.49. The molecule has 1 aromatic carbocycles. The zero-order valence-corrected chi connectivity index (χ0v) is 13.2. The van der Waals surface area contributed by atoms with E-state index in [-0.39, 0.29) is 17.5 Å². The van der Waals surface area contributed by atoms with Crippen molar-refractivity contribution in [1.82, 2.24) is 10.2 Å². The summed E-state index contributed by atoms with van der Waals surface area (Å²) in [5.41, 5.74) is 0.156. The van der Waals surface area contributed by atoms with E-state index < -0.39 is 5.82 Å². The summed E-state index contributed by atoms with van der Waals surface area (Å²) in [6.45, 7) is 3.38. The fourth-order valence-electron chi connectivity index (χ4n) is 4.13. The van der Waals surface area contributed by atoms with Gasteiger partial charge in [0, 0.05) is 18.1 Å². The van der Waals surface area contributed by atoms with Crippen molar-refractivity contribution in [3.05, 3.63) is 35.6 Å². The molecule has 2 aliphatic heterocycles. The van der Waals surface area contributed by atoms with Crippen molar-refractivity contribution >= 4 is 5.91 Å². The Bertz CT molecular complexity index is 520. The second-order valence-corrected chi connectivity index (χ2v) is 6.60. The lowest BCUT2D eigenvalue weighted by Crippen LogP contribution is -2.57. The lowest BCUT2D eigenvalue weighted by atomic mass is 9.81. The van der Waals surface area contributed by atoms with Crippen LogP contribution in [0.1, 0.15) is 55.8 Å². The molecule has 2 bridgehead atoms. The van der Waals surface area contributed by atoms with Gasteiger partial charge in [0.05, 0.1) is 5.56 Å². The summed E-state index contributed by atoms with van der Waals surface area (Å²) in [5.74, 6) is -0.714. The van der Waals surface area contributed by atoms with Gasteiger partial charge in [0.25, 0.3) is 5.91 Å². The van der Waals surface area contributed by atoms with E-state index in [9.17, 15) is 9.18 Å². The van der Waals surface area contributed by atoms with Crippen molar-refractivity contribution in [2.45, 2.75) is 63.6 Å². The molecular weight excluding hydrogens is 279 g/mol. The van der Waals surface area contributed by atoms with Crippen LogP contribution in [0.2, 0.25) is 0 Å². The zero-order chi connectivity index (χ0) is 15.5. The van der Waals surface area contributed by atoms with Crippen LogP contribution in [-0.4, -0.2) is 35.5 Å². The highest BCUT2D eigenvalue weighted by Crippen LogP contribution is 2.34. The number of hydrogen-bond acceptors (Lipinski definition) is 2. The van der Waals surface area contributed by atoms with Gasteiger partial charge in [-0.15, -0.1) is 0 Å². The molecule has 0 spiro atoms. The second-order valence-electron chi connectivity index (χ2n) is 6.60. The van der Waals surface area contributed by atoms with Gasteiger partial charge in [-0.2, -0.15) is 0 Å². The number of hydrogen-bond donors (Lipinski definition) is 1. The highest BCUT2D eigenvalue weighted by atomic mass is 19.1. The van der Waals surface area contributed by atoms with Crippen LogP contribution in [0.25, 0.3) is 0 Å². The van der Waals surface area contributed by atoms with Crippen molar-refractivity contribution < 1.29 is 9.18 Å². The molecule has 2 heterocycles. The summed E-state index contributed by atoms with van der Waals surface area (Å²) in [4.78, 5) is 14.9. The fraction of sp³-hybridized carbons (Fsp3) is 0.611. The summed E-state index contributed by atoms with van der Waals surface area (Å²) >= 11 is 0. The molecule has 2 saturated heterocycles. The molecule has 3 rings (SSSR count). The van der Waals surface area contributed by atoms with E-state index in [0.717, 1.165) is 19.4 Å². The second kappa shape index (κ2) is 6.78. The molecule has 3 nitrogen and oxygen atoms in total. The molecule has 0 aromatic heterocycles. The van der Waals surface area contributed by atoms with E-state index in [1.807, 2.05) is 0 Å². The number of amides is 1. The van der Waals surface area contributed by atoms with Gasteiger partial charge >= 0.3 is 0 Å². The average Bonchev–Trinajstić information content (AvgIpc) is 2.48. The lowest BCUT2D eigenvalue weighted by molar-refractivity contribution is 0.0244. The first-order chi connectivity index (χ1) is 10.7. The predicted octanol–water partition coefficient (Wildman–Crippen LogP) is 3.35. The van der Waals surface area contributed by atoms with Gasteiger partial charge in [-0.1, -0.05) is 25.5 Å². The molecular formula is C18H25FN2O. The summed E-state index contributed by atoms with van der Waals surface area (Å²) in [6, 6.07) is 7.55. The van der Waals surface area contributed by atoms with Crippen LogP contribution in [0, 0.1) is 5.82 Å². The smallest absolute Gasteiger partial charge is 0.254 e. The van der Waals surface area contributed by atoms with Crippen molar-refractivity contribution in [2.24, 2.45) is 0 Å². The van der Waals surface area contributed by atoms with Crippen LogP contribution in [0.5, 0.6) is 0 Å². The number of nitrogens with zero attached hydrogens (tertiary/aromatic N) is 1. The van der Waals surface area contributed by atoms with Gasteiger partial charge < -0.3 is 5.32 Å². The SMILES string of the molecule is CCCN1[C@H]2CCC[C@H]1CC(NC(=O)c1ccccc1F)C2. The zero-order valence-electron chi connectivity index (χ0n) is 13.2. The summed E-state index contributed by atoms with van der Waals surface area (Å²) in [5, 5.41) is 3.06. The van der Waals surface area contributed by atoms with Crippen LogP contribution < -0.4 is 5.32 Å². The van der Waals surface area contributed by atoms with Crippen LogP contribution in [-0.2, 0) is 0 Å². The van der Waals surface area contributed by atoms with Crippen LogP contribution in [0.15, 0.2) is 24.3 Å². The first-order valence-corrected chi connectivity index (χ1v) is 8.50. The molecule has 0 unspecified atom stereocenters. The molecule has 1 aromatic rings. The number of nitrogens with one attached hydrogen (secondary N) is 1. The quantitative estimate of drug-likeness (QED) is 0.925. The van der Waals surface area contributed by atoms with E-state index in [0.29, 0.717) is 12.1 Å². The van der Waals surface area contributed by atoms with Gasteiger partial charge in [0.2, 0.25) is 0 Å². The molecule has 0 radical (unpaired) electrons. The van der Waals surface area contributed by atoms with Crippen molar-refractivity contribution in [1.29, 1.82) is 0 Å². The number of piperidine rings is 2. The predicted molar refractivity (Wildman–Crippen MR) is 85.3 cm³/mol. The van der Waals surface area contributed by atoms with Crippen molar-refractivity contribution in [3.8, 4) is 0 Å². The normalized spacial score (nSPS) is 28.4. The number of rotatable bonds is 4. The van der Waals surface area contributed by atoms with Crippen LogP contribution in [0.3, 0.4) is 0 Å². The molecule has 120 valence electrons. The standard InChI is InChI=1S/C18H25FN2O/c1-2-10-21-14-6-5-7-15(21)12-13(11-14)20-18(22)16-8-3-4-9-17(16)19/h3-4,8-9,13-15H,2,5-7,10-12H2,1H3,(H,20,22)/t14-,15-/m0/s1. The van der Waals surface area contributed by atoms with E-state index in [1.165, 1.54) is 31.7 Å². The Morgan fingerprint density at radius 1 is 1.27 bits per heavy atom. The third kappa shape index (κ3) is 3.17. The van der Waals surface area contributed by atoms with E-state index in [2.05, 4.69) is 17.1 Å². The Labute approximate surface area is 131 Å². The molecule has 2 fully saturated rings. The summed E-state index contributed by atoms with van der Waals surface area (Å²) in [6.07, 6.45) is 6.92. The third-order valence-corrected chi connectivity index (χ3v) is 5.06. The number of carbonyl (C=O) groups excluding carboxylic acids is 1. The molecule has 1 amide bonds. The third-order valence-electron chi connectivity index (χ3n) is 5.06. The highest BCUT2D eigenvalue weighted by molar-refractivity contribution is 5.94. The highest BCUT2D eigenvalue weighted by Gasteiger charge is 2.38. The van der Waals surface area contributed by atoms with Crippen molar-refractivity contribution in [3.63, 3.8) is 0 Å². The largest absolute Gasteiger partial charge is 0.349 e. The molecule has 2 atom stereocenters. The maximum atomic E-state index is 13.7. The molecule has 2 aliphatic rings. The maximum Gasteiger partial charge on any atom is 0.254 e. The van der Waals surface area contributed by atoms with Crippen LogP contribution >= 0.6 is 0 Å². The topological polar surface area (TPSA) is 32.3 Å². The Morgan fingerprint density at radius 2 is 1.95 bits per heavy atom. The molecule has 0 saturated carbocycles. The van der Waals surface area contributed by atoms with Gasteiger partial charge in [-0.05, 0) is 50.8 Å². The minimum Gasteiger partial charge on any atom is -0.349 e. The summed E-state index contributed by atoms with van der Waals surface area (Å²) in [7, 11) is 0. The Balaban J connectivity index is 1.65. The van der Waals surface area contributed by atoms with E-state index >= 15 is 0 Å². The van der Waals surface area contributed by atoms with Crippen molar-refractivity contribution in [2.75, 3.05) is 6.54 Å². The number of fused-ring (bicyclic) bond motifs is 2. The minimum atomic E-state index is -0.441. The first-order valence-electron chi connectivity index (χ1n) is 8.50. The maximum absolute atomic E-state index is 13.7. The fourth-order valence-corrected chi connectivity index (χ4v) is 4.13. The van der Waals surface area contributed by atoms with Gasteiger partial charge in [0.15, 0.2) is 0 Å². The molecule has 0 aliphatic carbocycles. The first kappa shape index (κ1) is 15.5. The monoisotopic (exact) mass is 304 g/mol. The van der Waals surface area contributed by atoms with Gasteiger partial charge in [-0.25, -0.2) is 4.39 Å². The number of carbonyl (C=O) groups is 1. The van der Waals surface area contributed by atoms with Gasteiger partial charge in [-0.3, -0.25) is 9.69 Å². The summed E-state index contributed by atoms with van der Waals surface area (Å²) < 4.78 is 13.7. The Kier molecular flexibility index (Phi) is 4.77. The van der Waals surface area contributed by atoms with E-state index in [4.69, 9.17) is 0 Å². The van der Waals surface area contributed by atoms with Crippen LogP contribution in [0.4, 0.5) is 4.39 Å². The molecule has 1 N–H and O–H groups in total. The average molecular weight is 304 g/mol. The number of halogens is 1. The minimum absolute atomic E-state index is 0.156. The van der Waals surface area contributed by atoms with Gasteiger partial charge in [0.1, 0.15) is 5.82 Å². The Morgan fingerprint density at radius 3 is 2.59 bits per heavy atom.